The molecule has 0 fully saturated rings. The lowest BCUT2D eigenvalue weighted by Gasteiger charge is -2.15. The van der Waals surface area contributed by atoms with E-state index in [9.17, 15) is 19.8 Å². The highest BCUT2D eigenvalue weighted by atomic mass is 16.8. The van der Waals surface area contributed by atoms with Crippen LogP contribution in [0.15, 0.2) is 54.6 Å². The predicted octanol–water partition coefficient (Wildman–Crippen LogP) is 3.41. The standard InChI is InChI=1S/C22H19NO6/c1-13(24)10-14-6-7-17-15-4-2-3-5-16(15)19(18(17)11-14)12-28-22(27)29-23-20(25)8-9-21(23)26/h2-9,11,19,25-26H,10,12H2,1H3. The minimum atomic E-state index is -1.06. The maximum absolute atomic E-state index is 12.1. The van der Waals surface area contributed by atoms with Gasteiger partial charge in [-0.25, -0.2) is 4.79 Å². The maximum atomic E-state index is 12.1. The van der Waals surface area contributed by atoms with E-state index in [0.717, 1.165) is 27.8 Å². The number of benzene rings is 2. The Morgan fingerprint density at radius 2 is 1.66 bits per heavy atom. The molecular formula is C22H19NO6. The molecule has 1 aliphatic rings. The van der Waals surface area contributed by atoms with Crippen molar-refractivity contribution in [2.45, 2.75) is 19.3 Å². The third kappa shape index (κ3) is 3.54. The first-order valence-corrected chi connectivity index (χ1v) is 9.10. The number of hydrogen-bond donors (Lipinski definition) is 2. The molecular weight excluding hydrogens is 374 g/mol. The SMILES string of the molecule is CC(=O)Cc1ccc2c(c1)C(COC(=O)On1c(O)ccc1O)c1ccccc1-2. The number of nitrogens with zero attached hydrogens (tertiary/aromatic N) is 1. The number of rotatable bonds is 5. The molecule has 1 unspecified atom stereocenters. The smallest absolute Gasteiger partial charge is 0.492 e. The van der Waals surface area contributed by atoms with Crippen LogP contribution in [-0.2, 0) is 16.0 Å². The average molecular weight is 393 g/mol. The zero-order chi connectivity index (χ0) is 20.5. The van der Waals surface area contributed by atoms with Crippen LogP contribution in [0.4, 0.5) is 4.79 Å². The first-order chi connectivity index (χ1) is 13.9. The summed E-state index contributed by atoms with van der Waals surface area (Å²) in [4.78, 5) is 28.4. The first kappa shape index (κ1) is 18.6. The lowest BCUT2D eigenvalue weighted by atomic mass is 9.95. The molecule has 7 nitrogen and oxygen atoms in total. The summed E-state index contributed by atoms with van der Waals surface area (Å²) in [5.41, 5.74) is 4.99. The Hall–Kier alpha value is -3.74. The molecule has 2 N–H and O–H groups in total. The van der Waals surface area contributed by atoms with Gasteiger partial charge in [0.15, 0.2) is 0 Å². The van der Waals surface area contributed by atoms with Gasteiger partial charge in [0.05, 0.1) is 0 Å². The molecule has 2 aromatic carbocycles. The molecule has 0 aliphatic heterocycles. The van der Waals surface area contributed by atoms with Crippen molar-refractivity contribution in [2.75, 3.05) is 6.61 Å². The zero-order valence-electron chi connectivity index (χ0n) is 15.7. The van der Waals surface area contributed by atoms with Crippen LogP contribution in [0.5, 0.6) is 11.8 Å². The fourth-order valence-corrected chi connectivity index (χ4v) is 3.68. The van der Waals surface area contributed by atoms with E-state index in [4.69, 9.17) is 9.57 Å². The number of aromatic nitrogens is 1. The van der Waals surface area contributed by atoms with E-state index in [2.05, 4.69) is 0 Å². The number of ether oxygens (including phenoxy) is 1. The van der Waals surface area contributed by atoms with Gasteiger partial charge in [-0.05, 0) is 34.7 Å². The lowest BCUT2D eigenvalue weighted by molar-refractivity contribution is -0.116. The van der Waals surface area contributed by atoms with E-state index in [1.807, 2.05) is 42.5 Å². The minimum Gasteiger partial charge on any atom is -0.492 e. The largest absolute Gasteiger partial charge is 0.534 e. The molecule has 0 saturated carbocycles. The van der Waals surface area contributed by atoms with Crippen LogP contribution in [-0.4, -0.2) is 33.5 Å². The molecule has 148 valence electrons. The fourth-order valence-electron chi connectivity index (χ4n) is 3.68. The van der Waals surface area contributed by atoms with E-state index < -0.39 is 17.9 Å². The van der Waals surface area contributed by atoms with Crippen molar-refractivity contribution in [2.24, 2.45) is 0 Å². The molecule has 0 saturated heterocycles. The van der Waals surface area contributed by atoms with Gasteiger partial charge in [0.25, 0.3) is 0 Å². The molecule has 1 aliphatic carbocycles. The molecule has 3 aromatic rings. The van der Waals surface area contributed by atoms with E-state index >= 15 is 0 Å². The summed E-state index contributed by atoms with van der Waals surface area (Å²) in [6.07, 6.45) is -0.719. The molecule has 1 aromatic heterocycles. The normalized spacial score (nSPS) is 14.2. The Balaban J connectivity index is 1.57. The van der Waals surface area contributed by atoms with Crippen molar-refractivity contribution in [3.63, 3.8) is 0 Å². The Labute approximate surface area is 166 Å². The highest BCUT2D eigenvalue weighted by molar-refractivity contribution is 5.82. The van der Waals surface area contributed by atoms with E-state index in [-0.39, 0.29) is 18.3 Å². The summed E-state index contributed by atoms with van der Waals surface area (Å²) in [6.45, 7) is 1.56. The highest BCUT2D eigenvalue weighted by Gasteiger charge is 2.30. The summed E-state index contributed by atoms with van der Waals surface area (Å²) in [6, 6.07) is 16.1. The van der Waals surface area contributed by atoms with E-state index in [1.54, 1.807) is 6.92 Å². The van der Waals surface area contributed by atoms with E-state index in [0.29, 0.717) is 11.2 Å². The predicted molar refractivity (Wildman–Crippen MR) is 104 cm³/mol. The molecule has 4 rings (SSSR count). The van der Waals surface area contributed by atoms with Crippen LogP contribution in [0.3, 0.4) is 0 Å². The van der Waals surface area contributed by atoms with Gasteiger partial charge in [-0.15, -0.1) is 4.73 Å². The van der Waals surface area contributed by atoms with Crippen LogP contribution in [0.25, 0.3) is 11.1 Å². The molecule has 0 spiro atoms. The Morgan fingerprint density at radius 3 is 2.38 bits per heavy atom. The van der Waals surface area contributed by atoms with Gasteiger partial charge in [0.2, 0.25) is 11.8 Å². The molecule has 0 radical (unpaired) electrons. The summed E-state index contributed by atoms with van der Waals surface area (Å²) < 4.78 is 5.85. The second-order valence-corrected chi connectivity index (χ2v) is 6.94. The quantitative estimate of drug-likeness (QED) is 0.645. The third-order valence-electron chi connectivity index (χ3n) is 4.90. The van der Waals surface area contributed by atoms with Gasteiger partial charge in [-0.1, -0.05) is 42.5 Å². The van der Waals surface area contributed by atoms with Gasteiger partial charge in [-0.3, -0.25) is 9.63 Å². The first-order valence-electron chi connectivity index (χ1n) is 9.10. The third-order valence-corrected chi connectivity index (χ3v) is 4.90. The van der Waals surface area contributed by atoms with Crippen molar-refractivity contribution >= 4 is 11.9 Å². The van der Waals surface area contributed by atoms with Crippen molar-refractivity contribution < 1.29 is 29.4 Å². The van der Waals surface area contributed by atoms with Crippen LogP contribution in [0.2, 0.25) is 0 Å². The highest BCUT2D eigenvalue weighted by Crippen LogP contribution is 2.45. The number of Topliss-reactive ketones (excluding diaryl/α,β-unsaturated/α-hetero) is 1. The lowest BCUT2D eigenvalue weighted by Crippen LogP contribution is -2.22. The number of fused-ring (bicyclic) bond motifs is 3. The molecule has 7 heteroatoms. The van der Waals surface area contributed by atoms with Crippen molar-refractivity contribution in [1.29, 1.82) is 0 Å². The van der Waals surface area contributed by atoms with Gasteiger partial charge >= 0.3 is 6.16 Å². The molecule has 0 bridgehead atoms. The Bertz CT molecular complexity index is 1080. The molecule has 1 atom stereocenters. The van der Waals surface area contributed by atoms with Gasteiger partial charge in [-0.2, -0.15) is 0 Å². The van der Waals surface area contributed by atoms with Crippen LogP contribution >= 0.6 is 0 Å². The second kappa shape index (κ2) is 7.35. The van der Waals surface area contributed by atoms with Crippen molar-refractivity contribution in [1.82, 2.24) is 4.73 Å². The monoisotopic (exact) mass is 393 g/mol. The van der Waals surface area contributed by atoms with E-state index in [1.165, 1.54) is 12.1 Å². The van der Waals surface area contributed by atoms with Crippen molar-refractivity contribution in [3.8, 4) is 22.9 Å². The number of carbonyl (C=O) groups is 2. The zero-order valence-corrected chi connectivity index (χ0v) is 15.7. The van der Waals surface area contributed by atoms with Crippen LogP contribution in [0.1, 0.15) is 29.5 Å². The number of hydrogen-bond acceptors (Lipinski definition) is 6. The van der Waals surface area contributed by atoms with Gasteiger partial charge in [0.1, 0.15) is 12.4 Å². The van der Waals surface area contributed by atoms with Gasteiger partial charge < -0.3 is 14.9 Å². The molecule has 29 heavy (non-hydrogen) atoms. The minimum absolute atomic E-state index is 0.00909. The Kier molecular flexibility index (Phi) is 4.72. The van der Waals surface area contributed by atoms with Crippen molar-refractivity contribution in [3.05, 3.63) is 71.3 Å². The van der Waals surface area contributed by atoms with Crippen LogP contribution < -0.4 is 4.84 Å². The number of aromatic hydroxyl groups is 2. The Morgan fingerprint density at radius 1 is 0.966 bits per heavy atom. The van der Waals surface area contributed by atoms with Crippen LogP contribution in [0, 0.1) is 0 Å². The number of carbonyl (C=O) groups excluding carboxylic acids is 2. The molecule has 0 amide bonds. The summed E-state index contributed by atoms with van der Waals surface area (Å²) in [5.74, 6) is -0.995. The topological polar surface area (TPSA) is 98.0 Å². The second-order valence-electron chi connectivity index (χ2n) is 6.94. The van der Waals surface area contributed by atoms with Gasteiger partial charge in [0, 0.05) is 24.5 Å². The summed E-state index contributed by atoms with van der Waals surface area (Å²) in [7, 11) is 0. The fraction of sp³-hybridized carbons (Fsp3) is 0.182. The maximum Gasteiger partial charge on any atom is 0.534 e. The average Bonchev–Trinajstić information content (AvgIpc) is 3.17. The molecule has 1 heterocycles. The summed E-state index contributed by atoms with van der Waals surface area (Å²) in [5, 5.41) is 19.1. The number of ketones is 1. The summed E-state index contributed by atoms with van der Waals surface area (Å²) >= 11 is 0.